The second kappa shape index (κ2) is 4.50. The van der Waals surface area contributed by atoms with Gasteiger partial charge in [0, 0.05) is 0 Å². The fourth-order valence-electron chi connectivity index (χ4n) is 6.87. The zero-order valence-corrected chi connectivity index (χ0v) is 13.0. The molecule has 0 aromatic carbocycles. The van der Waals surface area contributed by atoms with Gasteiger partial charge in [-0.05, 0) is 92.3 Å². The predicted octanol–water partition coefficient (Wildman–Crippen LogP) is 5.67. The molecule has 4 bridgehead atoms. The lowest BCUT2D eigenvalue weighted by atomic mass is 9.47. The average molecular weight is 260 g/mol. The molecule has 0 nitrogen and oxygen atoms in total. The van der Waals surface area contributed by atoms with Crippen LogP contribution in [0.25, 0.3) is 0 Å². The molecule has 0 aliphatic heterocycles. The normalized spacial score (nSPS) is 52.9. The van der Waals surface area contributed by atoms with Crippen molar-refractivity contribution in [1.29, 1.82) is 0 Å². The smallest absolute Gasteiger partial charge is 0.0240 e. The molecule has 19 heavy (non-hydrogen) atoms. The minimum absolute atomic E-state index is 0.836. The van der Waals surface area contributed by atoms with Gasteiger partial charge in [0.25, 0.3) is 0 Å². The summed E-state index contributed by atoms with van der Waals surface area (Å²) in [5, 5.41) is 0. The lowest BCUT2D eigenvalue weighted by Gasteiger charge is -2.58. The summed E-state index contributed by atoms with van der Waals surface area (Å²) in [6.45, 7) is 4.90. The summed E-state index contributed by atoms with van der Waals surface area (Å²) in [6.07, 6.45) is 16.0. The molecule has 0 unspecified atom stereocenters. The van der Waals surface area contributed by atoms with E-state index in [0.29, 0.717) is 0 Å². The van der Waals surface area contributed by atoms with E-state index in [-0.39, 0.29) is 0 Å². The van der Waals surface area contributed by atoms with E-state index in [1.807, 2.05) is 0 Å². The van der Waals surface area contributed by atoms with Gasteiger partial charge in [-0.3, -0.25) is 0 Å². The maximum atomic E-state index is 2.45. The van der Waals surface area contributed by atoms with Crippen molar-refractivity contribution in [2.45, 2.75) is 78.1 Å². The van der Waals surface area contributed by atoms with Gasteiger partial charge < -0.3 is 0 Å². The SMILES string of the molecule is CC(C)C1CCC2(CC1)C1CC3CCC(C1)CC2C3. The summed E-state index contributed by atoms with van der Waals surface area (Å²) < 4.78 is 0. The van der Waals surface area contributed by atoms with Crippen molar-refractivity contribution in [2.75, 3.05) is 0 Å². The van der Waals surface area contributed by atoms with Gasteiger partial charge in [0.05, 0.1) is 0 Å². The Balaban J connectivity index is 1.56. The molecule has 0 radical (unpaired) electrons. The molecular formula is C19H32. The van der Waals surface area contributed by atoms with Crippen LogP contribution in [0, 0.1) is 40.9 Å². The second-order valence-electron chi connectivity index (χ2n) is 8.96. The highest BCUT2D eigenvalue weighted by molar-refractivity contribution is 5.05. The van der Waals surface area contributed by atoms with Crippen LogP contribution in [0.2, 0.25) is 0 Å². The Morgan fingerprint density at radius 1 is 0.737 bits per heavy atom. The van der Waals surface area contributed by atoms with Crippen molar-refractivity contribution in [2.24, 2.45) is 40.9 Å². The van der Waals surface area contributed by atoms with Gasteiger partial charge in [-0.1, -0.05) is 26.7 Å². The second-order valence-corrected chi connectivity index (χ2v) is 8.96. The third kappa shape index (κ3) is 1.92. The Morgan fingerprint density at radius 2 is 1.21 bits per heavy atom. The fraction of sp³-hybridized carbons (Fsp3) is 1.00. The van der Waals surface area contributed by atoms with Gasteiger partial charge in [0.1, 0.15) is 0 Å². The van der Waals surface area contributed by atoms with Gasteiger partial charge >= 0.3 is 0 Å². The molecule has 0 atom stereocenters. The van der Waals surface area contributed by atoms with E-state index in [0.717, 1.165) is 40.9 Å². The molecule has 0 amide bonds. The summed E-state index contributed by atoms with van der Waals surface area (Å²) in [6, 6.07) is 0. The van der Waals surface area contributed by atoms with Crippen LogP contribution in [-0.4, -0.2) is 0 Å². The molecule has 0 aromatic rings. The third-order valence-corrected chi connectivity index (χ3v) is 7.98. The first-order valence-corrected chi connectivity index (χ1v) is 9.17. The average Bonchev–Trinajstić information content (AvgIpc) is 2.66. The maximum Gasteiger partial charge on any atom is -0.0240 e. The van der Waals surface area contributed by atoms with E-state index >= 15 is 0 Å². The zero-order valence-electron chi connectivity index (χ0n) is 13.0. The highest BCUT2D eigenvalue weighted by Gasteiger charge is 2.55. The monoisotopic (exact) mass is 260 g/mol. The standard InChI is InChI=1S/C19H32/c1-13(2)16-5-7-19(8-6-16)17-9-14-3-4-15(11-17)12-18(19)10-14/h13-18H,3-12H2,1-2H3. The highest BCUT2D eigenvalue weighted by atomic mass is 14.6. The number of fused-ring (bicyclic) bond motifs is 1. The van der Waals surface area contributed by atoms with E-state index in [4.69, 9.17) is 0 Å². The number of rotatable bonds is 1. The topological polar surface area (TPSA) is 0 Å². The Labute approximate surface area is 119 Å². The van der Waals surface area contributed by atoms with Crippen LogP contribution in [0.5, 0.6) is 0 Å². The van der Waals surface area contributed by atoms with E-state index in [1.54, 1.807) is 64.2 Å². The van der Waals surface area contributed by atoms with E-state index in [2.05, 4.69) is 13.8 Å². The molecular weight excluding hydrogens is 228 g/mol. The minimum Gasteiger partial charge on any atom is -0.0625 e. The molecule has 0 heterocycles. The first-order valence-electron chi connectivity index (χ1n) is 9.17. The molecule has 0 N–H and O–H groups in total. The molecule has 5 fully saturated rings. The summed E-state index contributed by atoms with van der Waals surface area (Å²) in [5.41, 5.74) is 0.836. The maximum absolute atomic E-state index is 2.45. The van der Waals surface area contributed by atoms with Crippen LogP contribution in [0.15, 0.2) is 0 Å². The summed E-state index contributed by atoms with van der Waals surface area (Å²) in [5.74, 6) is 6.53. The largest absolute Gasteiger partial charge is 0.0625 e. The zero-order chi connectivity index (χ0) is 13.0. The van der Waals surface area contributed by atoms with Crippen molar-refractivity contribution in [3.63, 3.8) is 0 Å². The Bertz CT molecular complexity index is 300. The van der Waals surface area contributed by atoms with Gasteiger partial charge in [-0.2, -0.15) is 0 Å². The lowest BCUT2D eigenvalue weighted by molar-refractivity contribution is -0.0844. The van der Waals surface area contributed by atoms with Crippen LogP contribution in [0.1, 0.15) is 78.1 Å². The van der Waals surface area contributed by atoms with Gasteiger partial charge in [0.2, 0.25) is 0 Å². The lowest BCUT2D eigenvalue weighted by Crippen LogP contribution is -2.49. The highest BCUT2D eigenvalue weighted by Crippen LogP contribution is 2.65. The summed E-state index contributed by atoms with van der Waals surface area (Å²) in [7, 11) is 0. The van der Waals surface area contributed by atoms with Crippen LogP contribution in [0.4, 0.5) is 0 Å². The number of hydrogen-bond acceptors (Lipinski definition) is 0. The van der Waals surface area contributed by atoms with E-state index < -0.39 is 0 Å². The van der Waals surface area contributed by atoms with Crippen molar-refractivity contribution in [3.05, 3.63) is 0 Å². The van der Waals surface area contributed by atoms with Crippen LogP contribution in [-0.2, 0) is 0 Å². The molecule has 5 saturated carbocycles. The van der Waals surface area contributed by atoms with Crippen LogP contribution in [0.3, 0.4) is 0 Å². The fourth-order valence-corrected chi connectivity index (χ4v) is 6.87. The van der Waals surface area contributed by atoms with Gasteiger partial charge in [0.15, 0.2) is 0 Å². The first kappa shape index (κ1) is 12.7. The van der Waals surface area contributed by atoms with Gasteiger partial charge in [-0.25, -0.2) is 0 Å². The third-order valence-electron chi connectivity index (χ3n) is 7.98. The van der Waals surface area contributed by atoms with Crippen molar-refractivity contribution in [3.8, 4) is 0 Å². The molecule has 5 aliphatic rings. The molecule has 0 aromatic heterocycles. The molecule has 0 heteroatoms. The van der Waals surface area contributed by atoms with Crippen molar-refractivity contribution >= 4 is 0 Å². The van der Waals surface area contributed by atoms with Crippen LogP contribution < -0.4 is 0 Å². The minimum atomic E-state index is 0.836. The Morgan fingerprint density at radius 3 is 1.63 bits per heavy atom. The molecule has 5 rings (SSSR count). The molecule has 1 spiro atoms. The van der Waals surface area contributed by atoms with Gasteiger partial charge in [-0.15, -0.1) is 0 Å². The Kier molecular flexibility index (Phi) is 3.01. The summed E-state index contributed by atoms with van der Waals surface area (Å²) >= 11 is 0. The van der Waals surface area contributed by atoms with Crippen LogP contribution >= 0.6 is 0 Å². The van der Waals surface area contributed by atoms with E-state index in [1.165, 1.54) is 0 Å². The molecule has 5 aliphatic carbocycles. The van der Waals surface area contributed by atoms with Crippen molar-refractivity contribution in [1.82, 2.24) is 0 Å². The number of hydrogen-bond donors (Lipinski definition) is 0. The van der Waals surface area contributed by atoms with Crippen molar-refractivity contribution < 1.29 is 0 Å². The Hall–Kier alpha value is 0. The predicted molar refractivity (Wildman–Crippen MR) is 80.9 cm³/mol. The molecule has 108 valence electrons. The van der Waals surface area contributed by atoms with E-state index in [9.17, 15) is 0 Å². The summed E-state index contributed by atoms with van der Waals surface area (Å²) in [4.78, 5) is 0. The first-order chi connectivity index (χ1) is 9.17. The quantitative estimate of drug-likeness (QED) is 0.570. The molecule has 0 saturated heterocycles.